The van der Waals surface area contributed by atoms with E-state index in [2.05, 4.69) is 21.8 Å². The van der Waals surface area contributed by atoms with Crippen LogP contribution in [0.3, 0.4) is 0 Å². The number of unbranched alkanes of at least 4 members (excludes halogenated alkanes) is 1. The van der Waals surface area contributed by atoms with Crippen LogP contribution in [0.25, 0.3) is 0 Å². The second-order valence-electron chi connectivity index (χ2n) is 4.85. The van der Waals surface area contributed by atoms with Gasteiger partial charge in [-0.15, -0.1) is 30.6 Å². The third-order valence-corrected chi connectivity index (χ3v) is 3.17. The minimum atomic E-state index is 0. The van der Waals surface area contributed by atoms with Gasteiger partial charge >= 0.3 is 0 Å². The summed E-state index contributed by atoms with van der Waals surface area (Å²) < 4.78 is 10.9. The SMILES string of the molecule is C=CCCCN(C)C(=NC)NCCOc1cccc(OC)c1.I. The molecule has 0 aliphatic carbocycles. The largest absolute Gasteiger partial charge is 0.497 e. The number of aliphatic imine (C=N–C) groups is 1. The molecule has 1 aromatic rings. The molecule has 0 unspecified atom stereocenters. The van der Waals surface area contributed by atoms with E-state index in [9.17, 15) is 0 Å². The van der Waals surface area contributed by atoms with E-state index in [0.717, 1.165) is 36.8 Å². The van der Waals surface area contributed by atoms with Gasteiger partial charge in [-0.1, -0.05) is 12.1 Å². The van der Waals surface area contributed by atoms with Gasteiger partial charge in [0.2, 0.25) is 0 Å². The molecule has 6 heteroatoms. The van der Waals surface area contributed by atoms with Gasteiger partial charge < -0.3 is 19.7 Å². The van der Waals surface area contributed by atoms with E-state index in [4.69, 9.17) is 9.47 Å². The molecule has 0 bridgehead atoms. The molecule has 130 valence electrons. The van der Waals surface area contributed by atoms with Crippen molar-refractivity contribution in [3.63, 3.8) is 0 Å². The van der Waals surface area contributed by atoms with Crippen LogP contribution >= 0.6 is 24.0 Å². The Morgan fingerprint density at radius 2 is 2.13 bits per heavy atom. The first kappa shape index (κ1) is 21.6. The van der Waals surface area contributed by atoms with Crippen LogP contribution in [0, 0.1) is 0 Å². The molecule has 0 radical (unpaired) electrons. The van der Waals surface area contributed by atoms with E-state index < -0.39 is 0 Å². The fourth-order valence-electron chi connectivity index (χ4n) is 1.99. The number of hydrogen-bond donors (Lipinski definition) is 1. The van der Waals surface area contributed by atoms with Crippen molar-refractivity contribution in [1.82, 2.24) is 10.2 Å². The predicted molar refractivity (Wildman–Crippen MR) is 107 cm³/mol. The number of methoxy groups -OCH3 is 1. The summed E-state index contributed by atoms with van der Waals surface area (Å²) >= 11 is 0. The molecule has 0 saturated carbocycles. The van der Waals surface area contributed by atoms with Crippen LogP contribution in [0.5, 0.6) is 11.5 Å². The van der Waals surface area contributed by atoms with E-state index in [1.165, 1.54) is 0 Å². The molecule has 0 saturated heterocycles. The zero-order valence-corrected chi connectivity index (χ0v) is 16.6. The van der Waals surface area contributed by atoms with E-state index in [-0.39, 0.29) is 24.0 Å². The summed E-state index contributed by atoms with van der Waals surface area (Å²) in [6, 6.07) is 7.59. The minimum absolute atomic E-state index is 0. The molecule has 0 fully saturated rings. The number of nitrogens with zero attached hydrogens (tertiary/aromatic N) is 2. The van der Waals surface area contributed by atoms with Gasteiger partial charge in [0.05, 0.1) is 13.7 Å². The number of hydrogen-bond acceptors (Lipinski definition) is 3. The molecule has 0 aromatic heterocycles. The van der Waals surface area contributed by atoms with E-state index >= 15 is 0 Å². The third-order valence-electron chi connectivity index (χ3n) is 3.17. The molecule has 1 N–H and O–H groups in total. The highest BCUT2D eigenvalue weighted by Gasteiger charge is 2.04. The molecule has 5 nitrogen and oxygen atoms in total. The Morgan fingerprint density at radius 3 is 2.78 bits per heavy atom. The molecule has 1 aromatic carbocycles. The Kier molecular flexibility index (Phi) is 12.2. The zero-order valence-electron chi connectivity index (χ0n) is 14.2. The first-order valence-corrected chi connectivity index (χ1v) is 7.50. The lowest BCUT2D eigenvalue weighted by atomic mass is 10.3. The smallest absolute Gasteiger partial charge is 0.193 e. The molecule has 0 atom stereocenters. The van der Waals surface area contributed by atoms with Gasteiger partial charge in [0.15, 0.2) is 5.96 Å². The lowest BCUT2D eigenvalue weighted by Crippen LogP contribution is -2.41. The quantitative estimate of drug-likeness (QED) is 0.214. The van der Waals surface area contributed by atoms with Crippen molar-refractivity contribution in [3.8, 4) is 11.5 Å². The Morgan fingerprint density at radius 1 is 1.39 bits per heavy atom. The number of nitrogens with one attached hydrogen (secondary N) is 1. The highest BCUT2D eigenvalue weighted by atomic mass is 127. The molecular weight excluding hydrogens is 405 g/mol. The average molecular weight is 433 g/mol. The fourth-order valence-corrected chi connectivity index (χ4v) is 1.99. The van der Waals surface area contributed by atoms with Gasteiger partial charge in [-0.05, 0) is 25.0 Å². The van der Waals surface area contributed by atoms with Gasteiger partial charge in [-0.2, -0.15) is 0 Å². The number of rotatable bonds is 9. The molecular formula is C17H28IN3O2. The molecule has 23 heavy (non-hydrogen) atoms. The van der Waals surface area contributed by atoms with Gasteiger partial charge in [0.1, 0.15) is 18.1 Å². The van der Waals surface area contributed by atoms with Crippen molar-refractivity contribution in [2.75, 3.05) is 40.9 Å². The van der Waals surface area contributed by atoms with Crippen LogP contribution < -0.4 is 14.8 Å². The van der Waals surface area contributed by atoms with Crippen LogP contribution in [0.1, 0.15) is 12.8 Å². The van der Waals surface area contributed by atoms with Crippen LogP contribution in [0.2, 0.25) is 0 Å². The lowest BCUT2D eigenvalue weighted by molar-refractivity contribution is 0.316. The number of allylic oxidation sites excluding steroid dienone is 1. The molecule has 0 heterocycles. The standard InChI is InChI=1S/C17H27N3O2.HI/c1-5-6-7-12-20(3)17(18-2)19-11-13-22-16-10-8-9-15(14-16)21-4;/h5,8-10,14H,1,6-7,11-13H2,2-4H3,(H,18,19);1H. The monoisotopic (exact) mass is 433 g/mol. The molecule has 0 spiro atoms. The van der Waals surface area contributed by atoms with E-state index in [1.807, 2.05) is 37.4 Å². The molecule has 0 amide bonds. The predicted octanol–water partition coefficient (Wildman–Crippen LogP) is 3.17. The van der Waals surface area contributed by atoms with Crippen molar-refractivity contribution in [3.05, 3.63) is 36.9 Å². The highest BCUT2D eigenvalue weighted by Crippen LogP contribution is 2.18. The minimum Gasteiger partial charge on any atom is -0.497 e. The van der Waals surface area contributed by atoms with Gasteiger partial charge in [-0.3, -0.25) is 4.99 Å². The van der Waals surface area contributed by atoms with Gasteiger partial charge in [0.25, 0.3) is 0 Å². The summed E-state index contributed by atoms with van der Waals surface area (Å²) in [5.41, 5.74) is 0. The summed E-state index contributed by atoms with van der Waals surface area (Å²) in [6.45, 7) is 5.93. The van der Waals surface area contributed by atoms with E-state index in [1.54, 1.807) is 14.2 Å². The lowest BCUT2D eigenvalue weighted by Gasteiger charge is -2.21. The number of halogens is 1. The van der Waals surface area contributed by atoms with Crippen molar-refractivity contribution >= 4 is 29.9 Å². The topological polar surface area (TPSA) is 46.1 Å². The Labute approximate surface area is 156 Å². The third kappa shape index (κ3) is 8.68. The van der Waals surface area contributed by atoms with Crippen molar-refractivity contribution in [1.29, 1.82) is 0 Å². The van der Waals surface area contributed by atoms with Crippen LogP contribution in [0.4, 0.5) is 0 Å². The number of benzene rings is 1. The van der Waals surface area contributed by atoms with Crippen molar-refractivity contribution in [2.45, 2.75) is 12.8 Å². The summed E-state index contributed by atoms with van der Waals surface area (Å²) in [5.74, 6) is 2.47. The summed E-state index contributed by atoms with van der Waals surface area (Å²) in [6.07, 6.45) is 4.02. The average Bonchev–Trinajstić information content (AvgIpc) is 2.55. The Hall–Kier alpha value is -1.44. The second kappa shape index (κ2) is 13.0. The zero-order chi connectivity index (χ0) is 16.2. The molecule has 0 aliphatic heterocycles. The van der Waals surface area contributed by atoms with Crippen molar-refractivity contribution < 1.29 is 9.47 Å². The first-order valence-electron chi connectivity index (χ1n) is 7.50. The molecule has 0 aliphatic rings. The van der Waals surface area contributed by atoms with Crippen LogP contribution in [-0.2, 0) is 0 Å². The second-order valence-corrected chi connectivity index (χ2v) is 4.85. The maximum atomic E-state index is 5.69. The first-order chi connectivity index (χ1) is 10.7. The summed E-state index contributed by atoms with van der Waals surface area (Å²) in [4.78, 5) is 6.37. The Bertz CT molecular complexity index is 481. The Balaban J connectivity index is 0.00000484. The fraction of sp³-hybridized carbons (Fsp3) is 0.471. The summed E-state index contributed by atoms with van der Waals surface area (Å²) in [7, 11) is 5.46. The van der Waals surface area contributed by atoms with Gasteiger partial charge in [-0.25, -0.2) is 0 Å². The van der Waals surface area contributed by atoms with Gasteiger partial charge in [0, 0.05) is 26.7 Å². The van der Waals surface area contributed by atoms with Crippen LogP contribution in [0.15, 0.2) is 41.9 Å². The maximum Gasteiger partial charge on any atom is 0.193 e. The maximum absolute atomic E-state index is 5.69. The van der Waals surface area contributed by atoms with Crippen LogP contribution in [-0.4, -0.2) is 51.8 Å². The molecule has 1 rings (SSSR count). The number of guanidine groups is 1. The van der Waals surface area contributed by atoms with Crippen molar-refractivity contribution in [2.24, 2.45) is 4.99 Å². The summed E-state index contributed by atoms with van der Waals surface area (Å²) in [5, 5.41) is 3.29. The normalized spacial score (nSPS) is 10.5. The van der Waals surface area contributed by atoms with E-state index in [0.29, 0.717) is 13.2 Å². The number of ether oxygens (including phenoxy) is 2. The highest BCUT2D eigenvalue weighted by molar-refractivity contribution is 14.0.